The summed E-state index contributed by atoms with van der Waals surface area (Å²) in [7, 11) is -2.74. The Bertz CT molecular complexity index is 208. The van der Waals surface area contributed by atoms with Crippen LogP contribution < -0.4 is 0 Å². The van der Waals surface area contributed by atoms with Gasteiger partial charge in [0.2, 0.25) is 0 Å². The van der Waals surface area contributed by atoms with Gasteiger partial charge < -0.3 is 9.30 Å². The lowest BCUT2D eigenvalue weighted by molar-refractivity contribution is 0.186. The van der Waals surface area contributed by atoms with Gasteiger partial charge in [0.15, 0.2) is 13.7 Å². The highest BCUT2D eigenvalue weighted by Crippen LogP contribution is 2.37. The van der Waals surface area contributed by atoms with E-state index in [0.29, 0.717) is 0 Å². The van der Waals surface area contributed by atoms with Crippen molar-refractivity contribution in [2.24, 2.45) is 0 Å². The van der Waals surface area contributed by atoms with E-state index >= 15 is 0 Å². The first-order valence-electron chi connectivity index (χ1n) is 2.64. The molecule has 0 aromatic carbocycles. The predicted octanol–water partition coefficient (Wildman–Crippen LogP) is 1.38. The van der Waals surface area contributed by atoms with E-state index in [4.69, 9.17) is 6.42 Å². The van der Waals surface area contributed by atoms with Crippen molar-refractivity contribution < 1.29 is 14.1 Å². The highest BCUT2D eigenvalue weighted by molar-refractivity contribution is 7.78. The Balaban J connectivity index is 3.90. The van der Waals surface area contributed by atoms with E-state index in [-0.39, 0.29) is 6.61 Å². The molecule has 0 N–H and O–H groups in total. The highest BCUT2D eigenvalue weighted by Gasteiger charge is 2.19. The quantitative estimate of drug-likeness (QED) is 0.452. The molecule has 0 aromatic rings. The van der Waals surface area contributed by atoms with E-state index in [1.54, 1.807) is 0 Å². The standard InChI is InChI=1S/C6H9O3P/c1-4-5-9-6(7)10(2,3)8/h1H,5H2,2-3H3. The molecule has 0 aliphatic heterocycles. The number of ether oxygens (including phenoxy) is 1. The van der Waals surface area contributed by atoms with Gasteiger partial charge in [0, 0.05) is 0 Å². The fourth-order valence-electron chi connectivity index (χ4n) is 0.259. The second kappa shape index (κ2) is 3.43. The van der Waals surface area contributed by atoms with E-state index in [1.807, 2.05) is 0 Å². The van der Waals surface area contributed by atoms with Crippen LogP contribution in [-0.2, 0) is 9.30 Å². The molecule has 0 aliphatic carbocycles. The molecule has 3 nitrogen and oxygen atoms in total. The van der Waals surface area contributed by atoms with Crippen LogP contribution >= 0.6 is 7.14 Å². The van der Waals surface area contributed by atoms with Gasteiger partial charge in [0.05, 0.1) is 0 Å². The molecule has 0 radical (unpaired) electrons. The van der Waals surface area contributed by atoms with Gasteiger partial charge in [0.25, 0.3) is 0 Å². The van der Waals surface area contributed by atoms with Gasteiger partial charge in [-0.25, -0.2) is 4.79 Å². The molecule has 0 saturated heterocycles. The first-order chi connectivity index (χ1) is 4.48. The van der Waals surface area contributed by atoms with Gasteiger partial charge in [-0.3, -0.25) is 0 Å². The fourth-order valence-corrected chi connectivity index (χ4v) is 0.634. The van der Waals surface area contributed by atoms with Crippen molar-refractivity contribution in [2.45, 2.75) is 0 Å². The van der Waals surface area contributed by atoms with Gasteiger partial charge in [0.1, 0.15) is 0 Å². The van der Waals surface area contributed by atoms with Gasteiger partial charge in [-0.1, -0.05) is 5.92 Å². The van der Waals surface area contributed by atoms with Crippen LogP contribution in [0.1, 0.15) is 0 Å². The van der Waals surface area contributed by atoms with Crippen LogP contribution in [-0.4, -0.2) is 25.6 Å². The summed E-state index contributed by atoms with van der Waals surface area (Å²) in [6.07, 6.45) is 4.80. The Labute approximate surface area is 60.1 Å². The molecule has 56 valence electrons. The molecule has 0 atom stereocenters. The van der Waals surface area contributed by atoms with E-state index in [1.165, 1.54) is 13.3 Å². The first-order valence-corrected chi connectivity index (χ1v) is 5.24. The lowest BCUT2D eigenvalue weighted by Gasteiger charge is -2.03. The predicted molar refractivity (Wildman–Crippen MR) is 39.6 cm³/mol. The Morgan fingerprint density at radius 2 is 2.20 bits per heavy atom. The van der Waals surface area contributed by atoms with Crippen LogP contribution in [0.3, 0.4) is 0 Å². The fraction of sp³-hybridized carbons (Fsp3) is 0.500. The maximum atomic E-state index is 10.9. The summed E-state index contributed by atoms with van der Waals surface area (Å²) < 4.78 is 15.3. The minimum atomic E-state index is -2.74. The zero-order valence-corrected chi connectivity index (χ0v) is 6.85. The molecule has 0 saturated carbocycles. The van der Waals surface area contributed by atoms with Crippen LogP contribution in [0.2, 0.25) is 0 Å². The van der Waals surface area contributed by atoms with Crippen molar-refractivity contribution >= 4 is 12.9 Å². The molecule has 0 heterocycles. The van der Waals surface area contributed by atoms with Crippen molar-refractivity contribution in [3.8, 4) is 12.3 Å². The normalized spacial score (nSPS) is 10.1. The second-order valence-electron chi connectivity index (χ2n) is 2.11. The van der Waals surface area contributed by atoms with Crippen LogP contribution in [0.5, 0.6) is 0 Å². The molecule has 0 aliphatic rings. The van der Waals surface area contributed by atoms with Crippen molar-refractivity contribution in [1.29, 1.82) is 0 Å². The molecule has 0 bridgehead atoms. The summed E-state index contributed by atoms with van der Waals surface area (Å²) in [4.78, 5) is 10.6. The molecule has 0 spiro atoms. The third kappa shape index (κ3) is 3.32. The second-order valence-corrected chi connectivity index (χ2v) is 5.18. The molecule has 0 rings (SSSR count). The van der Waals surface area contributed by atoms with E-state index in [0.717, 1.165) is 0 Å². The van der Waals surface area contributed by atoms with Crippen LogP contribution in [0.15, 0.2) is 0 Å². The van der Waals surface area contributed by atoms with Crippen LogP contribution in [0.25, 0.3) is 0 Å². The Morgan fingerprint density at radius 1 is 1.70 bits per heavy atom. The molecule has 10 heavy (non-hydrogen) atoms. The molecule has 0 amide bonds. The highest BCUT2D eigenvalue weighted by atomic mass is 31.2. The maximum Gasteiger partial charge on any atom is 0.364 e. The summed E-state index contributed by atoms with van der Waals surface area (Å²) in [5.41, 5.74) is -0.703. The van der Waals surface area contributed by atoms with Crippen LogP contribution in [0, 0.1) is 12.3 Å². The number of hydrogen-bond acceptors (Lipinski definition) is 3. The third-order valence-electron chi connectivity index (χ3n) is 0.719. The van der Waals surface area contributed by atoms with Crippen LogP contribution in [0.4, 0.5) is 4.79 Å². The molecular weight excluding hydrogens is 151 g/mol. The lowest BCUT2D eigenvalue weighted by atomic mass is 10.8. The smallest absolute Gasteiger partial charge is 0.364 e. The van der Waals surface area contributed by atoms with E-state index < -0.39 is 12.9 Å². The minimum absolute atomic E-state index is 0.107. The summed E-state index contributed by atoms with van der Waals surface area (Å²) in [6.45, 7) is 2.57. The number of rotatable bonds is 2. The Hall–Kier alpha value is -0.740. The number of carbonyl (C=O) groups excluding carboxylic acids is 1. The average Bonchev–Trinajstić information content (AvgIpc) is 1.80. The summed E-state index contributed by atoms with van der Waals surface area (Å²) in [6, 6.07) is 0. The lowest BCUT2D eigenvalue weighted by Crippen LogP contribution is -2.01. The average molecular weight is 160 g/mol. The first kappa shape index (κ1) is 9.26. The van der Waals surface area contributed by atoms with Crippen molar-refractivity contribution in [3.63, 3.8) is 0 Å². The summed E-state index contributed by atoms with van der Waals surface area (Å²) >= 11 is 0. The zero-order chi connectivity index (χ0) is 8.20. The number of hydrogen-bond donors (Lipinski definition) is 0. The van der Waals surface area contributed by atoms with Crippen molar-refractivity contribution in [2.75, 3.05) is 19.9 Å². The number of terminal acetylenes is 1. The Kier molecular flexibility index (Phi) is 3.18. The SMILES string of the molecule is C#CCOC(=O)P(C)(C)=O. The number of carbonyl (C=O) groups is 1. The zero-order valence-electron chi connectivity index (χ0n) is 5.96. The van der Waals surface area contributed by atoms with Gasteiger partial charge in [-0.2, -0.15) is 0 Å². The summed E-state index contributed by atoms with van der Waals surface area (Å²) in [5.74, 6) is 2.11. The van der Waals surface area contributed by atoms with Gasteiger partial charge in [-0.15, -0.1) is 6.42 Å². The Morgan fingerprint density at radius 3 is 2.50 bits per heavy atom. The topological polar surface area (TPSA) is 43.4 Å². The van der Waals surface area contributed by atoms with Gasteiger partial charge >= 0.3 is 5.71 Å². The van der Waals surface area contributed by atoms with Gasteiger partial charge in [-0.05, 0) is 13.3 Å². The minimum Gasteiger partial charge on any atom is -0.447 e. The monoisotopic (exact) mass is 160 g/mol. The molecule has 0 fully saturated rings. The molecule has 0 aromatic heterocycles. The molecule has 0 unspecified atom stereocenters. The van der Waals surface area contributed by atoms with Crippen molar-refractivity contribution in [1.82, 2.24) is 0 Å². The molecular formula is C6H9O3P. The van der Waals surface area contributed by atoms with E-state index in [2.05, 4.69) is 10.7 Å². The maximum absolute atomic E-state index is 10.9. The van der Waals surface area contributed by atoms with E-state index in [9.17, 15) is 9.36 Å². The molecule has 4 heteroatoms. The van der Waals surface area contributed by atoms with Crippen molar-refractivity contribution in [3.05, 3.63) is 0 Å². The third-order valence-corrected chi connectivity index (χ3v) is 1.73. The largest absolute Gasteiger partial charge is 0.447 e. The summed E-state index contributed by atoms with van der Waals surface area (Å²) in [5, 5.41) is 0.